The summed E-state index contributed by atoms with van der Waals surface area (Å²) in [6.07, 6.45) is 0.386. The molecule has 1 saturated heterocycles. The van der Waals surface area contributed by atoms with Crippen molar-refractivity contribution in [1.82, 2.24) is 16.0 Å². The third kappa shape index (κ3) is 6.18. The fourth-order valence-corrected chi connectivity index (χ4v) is 3.06. The van der Waals surface area contributed by atoms with E-state index in [0.717, 1.165) is 17.7 Å². The molecule has 0 saturated carbocycles. The first kappa shape index (κ1) is 20.0. The number of benzene rings is 2. The molecule has 3 N–H and O–H groups in total. The van der Waals surface area contributed by atoms with Gasteiger partial charge in [0.2, 0.25) is 5.91 Å². The van der Waals surface area contributed by atoms with Crippen molar-refractivity contribution in [3.8, 4) is 0 Å². The molecule has 1 unspecified atom stereocenters. The van der Waals surface area contributed by atoms with Gasteiger partial charge in [0.25, 0.3) is 5.91 Å². The molecule has 2 aromatic rings. The Kier molecular flexibility index (Phi) is 7.17. The minimum Gasteiger partial charge on any atom is -0.378 e. The topological polar surface area (TPSA) is 79.5 Å². The standard InChI is InChI=1S/C22H27N3O3/c1-16-5-7-17(8-6-16)13-25-22(27)19-4-2-3-18(11-19)14-24-21(26)12-20-15-28-10-9-23-20/h2-8,11,20,23H,9-10,12-15H2,1H3,(H,24,26)(H,25,27). The molecule has 6 heteroatoms. The maximum absolute atomic E-state index is 12.4. The van der Waals surface area contributed by atoms with Crippen molar-refractivity contribution >= 4 is 11.8 Å². The van der Waals surface area contributed by atoms with Gasteiger partial charge in [-0.25, -0.2) is 0 Å². The lowest BCUT2D eigenvalue weighted by atomic mass is 10.1. The molecule has 1 atom stereocenters. The largest absolute Gasteiger partial charge is 0.378 e. The van der Waals surface area contributed by atoms with Crippen molar-refractivity contribution in [3.63, 3.8) is 0 Å². The molecule has 1 aliphatic heterocycles. The second kappa shape index (κ2) is 10.0. The number of amides is 2. The van der Waals surface area contributed by atoms with Crippen LogP contribution in [0.2, 0.25) is 0 Å². The van der Waals surface area contributed by atoms with Crippen LogP contribution in [0.3, 0.4) is 0 Å². The van der Waals surface area contributed by atoms with Gasteiger partial charge in [-0.15, -0.1) is 0 Å². The van der Waals surface area contributed by atoms with Crippen molar-refractivity contribution < 1.29 is 14.3 Å². The predicted molar refractivity (Wildman–Crippen MR) is 108 cm³/mol. The number of hydrogen-bond donors (Lipinski definition) is 3. The summed E-state index contributed by atoms with van der Waals surface area (Å²) in [5, 5.41) is 9.11. The van der Waals surface area contributed by atoms with Gasteiger partial charge >= 0.3 is 0 Å². The molecule has 1 aliphatic rings. The van der Waals surface area contributed by atoms with Crippen molar-refractivity contribution in [2.45, 2.75) is 32.5 Å². The predicted octanol–water partition coefficient (Wildman–Crippen LogP) is 1.92. The molecule has 148 valence electrons. The summed E-state index contributed by atoms with van der Waals surface area (Å²) >= 11 is 0. The highest BCUT2D eigenvalue weighted by atomic mass is 16.5. The van der Waals surface area contributed by atoms with E-state index in [-0.39, 0.29) is 17.9 Å². The third-order valence-corrected chi connectivity index (χ3v) is 4.68. The van der Waals surface area contributed by atoms with Crippen LogP contribution in [0, 0.1) is 6.92 Å². The minimum atomic E-state index is -0.127. The van der Waals surface area contributed by atoms with E-state index in [4.69, 9.17) is 4.74 Å². The van der Waals surface area contributed by atoms with Crippen LogP contribution in [0.25, 0.3) is 0 Å². The zero-order chi connectivity index (χ0) is 19.8. The Morgan fingerprint density at radius 3 is 2.61 bits per heavy atom. The third-order valence-electron chi connectivity index (χ3n) is 4.68. The van der Waals surface area contributed by atoms with Gasteiger partial charge in [0.1, 0.15) is 0 Å². The number of ether oxygens (including phenoxy) is 1. The maximum atomic E-state index is 12.4. The average Bonchev–Trinajstić information content (AvgIpc) is 2.72. The highest BCUT2D eigenvalue weighted by molar-refractivity contribution is 5.94. The Hall–Kier alpha value is -2.70. The van der Waals surface area contributed by atoms with Crippen LogP contribution in [0.15, 0.2) is 48.5 Å². The summed E-state index contributed by atoms with van der Waals surface area (Å²) in [6, 6.07) is 15.5. The number of carbonyl (C=O) groups is 2. The van der Waals surface area contributed by atoms with Gasteiger partial charge in [-0.2, -0.15) is 0 Å². The first-order valence-electron chi connectivity index (χ1n) is 9.60. The Morgan fingerprint density at radius 1 is 1.07 bits per heavy atom. The molecule has 0 aliphatic carbocycles. The molecule has 28 heavy (non-hydrogen) atoms. The van der Waals surface area contributed by atoms with Crippen LogP contribution < -0.4 is 16.0 Å². The molecule has 0 bridgehead atoms. The minimum absolute atomic E-state index is 0.0303. The lowest BCUT2D eigenvalue weighted by Gasteiger charge is -2.23. The highest BCUT2D eigenvalue weighted by Gasteiger charge is 2.16. The summed E-state index contributed by atoms with van der Waals surface area (Å²) in [5.41, 5.74) is 3.73. The van der Waals surface area contributed by atoms with Crippen LogP contribution in [0.5, 0.6) is 0 Å². The molecule has 2 amide bonds. The van der Waals surface area contributed by atoms with Crippen molar-refractivity contribution in [3.05, 3.63) is 70.8 Å². The summed E-state index contributed by atoms with van der Waals surface area (Å²) in [4.78, 5) is 24.5. The number of morpholine rings is 1. The van der Waals surface area contributed by atoms with Gasteiger partial charge in [-0.05, 0) is 30.2 Å². The number of carbonyl (C=O) groups excluding carboxylic acids is 2. The van der Waals surface area contributed by atoms with Gasteiger partial charge < -0.3 is 20.7 Å². The quantitative estimate of drug-likeness (QED) is 0.685. The van der Waals surface area contributed by atoms with Crippen LogP contribution >= 0.6 is 0 Å². The summed E-state index contributed by atoms with van der Waals surface area (Å²) < 4.78 is 5.36. The van der Waals surface area contributed by atoms with Gasteiger partial charge in [0, 0.05) is 37.7 Å². The maximum Gasteiger partial charge on any atom is 0.251 e. The van der Waals surface area contributed by atoms with Crippen LogP contribution in [-0.2, 0) is 22.6 Å². The van der Waals surface area contributed by atoms with Crippen LogP contribution in [0.1, 0.15) is 33.5 Å². The van der Waals surface area contributed by atoms with E-state index in [1.807, 2.05) is 49.4 Å². The molecule has 1 heterocycles. The second-order valence-electron chi connectivity index (χ2n) is 7.08. The van der Waals surface area contributed by atoms with E-state index in [1.165, 1.54) is 5.56 Å². The Bertz CT molecular complexity index is 799. The first-order chi connectivity index (χ1) is 13.6. The lowest BCUT2D eigenvalue weighted by Crippen LogP contribution is -2.44. The smallest absolute Gasteiger partial charge is 0.251 e. The fourth-order valence-electron chi connectivity index (χ4n) is 3.06. The van der Waals surface area contributed by atoms with Gasteiger partial charge in [-0.3, -0.25) is 9.59 Å². The Morgan fingerprint density at radius 2 is 1.86 bits per heavy atom. The molecule has 0 spiro atoms. The monoisotopic (exact) mass is 381 g/mol. The SMILES string of the molecule is Cc1ccc(CNC(=O)c2cccc(CNC(=O)CC3COCCN3)c2)cc1. The molecule has 0 aromatic heterocycles. The number of rotatable bonds is 7. The van der Waals surface area contributed by atoms with E-state index < -0.39 is 0 Å². The Labute approximate surface area is 165 Å². The molecular weight excluding hydrogens is 354 g/mol. The van der Waals surface area contributed by atoms with Crippen molar-refractivity contribution in [2.24, 2.45) is 0 Å². The number of nitrogens with one attached hydrogen (secondary N) is 3. The van der Waals surface area contributed by atoms with Gasteiger partial charge in [0.15, 0.2) is 0 Å². The van der Waals surface area contributed by atoms with Gasteiger partial charge in [0.05, 0.1) is 13.2 Å². The first-order valence-corrected chi connectivity index (χ1v) is 9.60. The number of hydrogen-bond acceptors (Lipinski definition) is 4. The zero-order valence-corrected chi connectivity index (χ0v) is 16.2. The second-order valence-corrected chi connectivity index (χ2v) is 7.08. The molecular formula is C22H27N3O3. The molecule has 2 aromatic carbocycles. The van der Waals surface area contributed by atoms with E-state index >= 15 is 0 Å². The lowest BCUT2D eigenvalue weighted by molar-refractivity contribution is -0.122. The van der Waals surface area contributed by atoms with E-state index in [1.54, 1.807) is 6.07 Å². The molecule has 3 rings (SSSR count). The van der Waals surface area contributed by atoms with Crippen molar-refractivity contribution in [1.29, 1.82) is 0 Å². The zero-order valence-electron chi connectivity index (χ0n) is 16.2. The van der Waals surface area contributed by atoms with Crippen LogP contribution in [-0.4, -0.2) is 37.6 Å². The van der Waals surface area contributed by atoms with E-state index in [0.29, 0.717) is 38.3 Å². The highest BCUT2D eigenvalue weighted by Crippen LogP contribution is 2.07. The molecule has 6 nitrogen and oxygen atoms in total. The summed E-state index contributed by atoms with van der Waals surface area (Å²) in [5.74, 6) is -0.158. The van der Waals surface area contributed by atoms with Gasteiger partial charge in [-0.1, -0.05) is 42.0 Å². The average molecular weight is 381 g/mol. The van der Waals surface area contributed by atoms with Crippen LogP contribution in [0.4, 0.5) is 0 Å². The van der Waals surface area contributed by atoms with Crippen molar-refractivity contribution in [2.75, 3.05) is 19.8 Å². The molecule has 0 radical (unpaired) electrons. The number of aryl methyl sites for hydroxylation is 1. The van der Waals surface area contributed by atoms with E-state index in [9.17, 15) is 9.59 Å². The summed E-state index contributed by atoms with van der Waals surface area (Å²) in [7, 11) is 0. The van der Waals surface area contributed by atoms with E-state index in [2.05, 4.69) is 16.0 Å². The fraction of sp³-hybridized carbons (Fsp3) is 0.364. The Balaban J connectivity index is 1.47. The normalized spacial score (nSPS) is 16.4. The summed E-state index contributed by atoms with van der Waals surface area (Å²) in [6.45, 7) is 4.94. The molecule has 1 fully saturated rings.